The van der Waals surface area contributed by atoms with Gasteiger partial charge in [-0.15, -0.1) is 0 Å². The van der Waals surface area contributed by atoms with E-state index in [1.807, 2.05) is 0 Å². The van der Waals surface area contributed by atoms with Crippen LogP contribution < -0.4 is 5.73 Å². The Balaban J connectivity index is 2.49. The molecule has 1 rings (SSSR count). The molecule has 0 atom stereocenters. The summed E-state index contributed by atoms with van der Waals surface area (Å²) in [5.74, 6) is 0.187. The number of benzene rings is 1. The summed E-state index contributed by atoms with van der Waals surface area (Å²) in [5.41, 5.74) is 7.02. The zero-order valence-electron chi connectivity index (χ0n) is 10.1. The minimum Gasteiger partial charge on any atom is -0.399 e. The van der Waals surface area contributed by atoms with Crippen molar-refractivity contribution in [2.24, 2.45) is 0 Å². The van der Waals surface area contributed by atoms with E-state index < -0.39 is 0 Å². The Morgan fingerprint density at radius 2 is 1.75 bits per heavy atom. The Kier molecular flexibility index (Phi) is 4.99. The fourth-order valence-electron chi connectivity index (χ4n) is 1.61. The van der Waals surface area contributed by atoms with Crippen LogP contribution in [0.3, 0.4) is 0 Å². The number of nitrogens with zero attached hydrogens (tertiary/aromatic N) is 1. The molecule has 0 saturated heterocycles. The first-order valence-electron chi connectivity index (χ1n) is 5.78. The molecule has 0 heterocycles. The van der Waals surface area contributed by atoms with Crippen molar-refractivity contribution in [3.05, 3.63) is 29.8 Å². The summed E-state index contributed by atoms with van der Waals surface area (Å²) in [6.07, 6.45) is 0.575. The lowest BCUT2D eigenvalue weighted by atomic mass is 10.1. The number of ketones is 1. The van der Waals surface area contributed by atoms with Crippen molar-refractivity contribution in [2.75, 3.05) is 25.4 Å². The standard InChI is InChI=1S/C13H20N2O/c1-3-15(4-2)10-9-13(16)11-5-7-12(14)8-6-11/h5-8H,3-4,9-10,14H2,1-2H3. The molecule has 16 heavy (non-hydrogen) atoms. The molecule has 0 aliphatic heterocycles. The molecule has 1 aromatic carbocycles. The average Bonchev–Trinajstić information content (AvgIpc) is 2.31. The molecule has 3 heteroatoms. The van der Waals surface area contributed by atoms with Gasteiger partial charge in [-0.25, -0.2) is 0 Å². The Morgan fingerprint density at radius 1 is 1.19 bits per heavy atom. The first kappa shape index (κ1) is 12.7. The van der Waals surface area contributed by atoms with Gasteiger partial charge in [-0.2, -0.15) is 0 Å². The second kappa shape index (κ2) is 6.28. The van der Waals surface area contributed by atoms with Gasteiger partial charge in [-0.1, -0.05) is 13.8 Å². The van der Waals surface area contributed by atoms with E-state index in [-0.39, 0.29) is 5.78 Å². The Morgan fingerprint density at radius 3 is 2.25 bits per heavy atom. The first-order valence-corrected chi connectivity index (χ1v) is 5.78. The zero-order chi connectivity index (χ0) is 12.0. The van der Waals surface area contributed by atoms with E-state index in [4.69, 9.17) is 5.73 Å². The molecule has 0 aromatic heterocycles. The van der Waals surface area contributed by atoms with Crippen LogP contribution in [0.1, 0.15) is 30.6 Å². The molecular formula is C13H20N2O. The molecular weight excluding hydrogens is 200 g/mol. The molecule has 0 saturated carbocycles. The molecule has 0 fully saturated rings. The summed E-state index contributed by atoms with van der Waals surface area (Å²) in [6, 6.07) is 7.12. The Hall–Kier alpha value is -1.35. The van der Waals surface area contributed by atoms with Crippen LogP contribution in [-0.4, -0.2) is 30.3 Å². The van der Waals surface area contributed by atoms with Gasteiger partial charge in [0.2, 0.25) is 0 Å². The van der Waals surface area contributed by atoms with Crippen molar-refractivity contribution < 1.29 is 4.79 Å². The maximum Gasteiger partial charge on any atom is 0.164 e. The van der Waals surface area contributed by atoms with Gasteiger partial charge in [0, 0.05) is 24.2 Å². The lowest BCUT2D eigenvalue weighted by molar-refractivity contribution is 0.0966. The van der Waals surface area contributed by atoms with Crippen LogP contribution in [0.5, 0.6) is 0 Å². The zero-order valence-corrected chi connectivity index (χ0v) is 10.1. The van der Waals surface area contributed by atoms with Gasteiger partial charge in [0.25, 0.3) is 0 Å². The molecule has 0 amide bonds. The molecule has 0 aliphatic rings. The second-order valence-corrected chi connectivity index (χ2v) is 3.82. The van der Waals surface area contributed by atoms with Crippen molar-refractivity contribution in [1.82, 2.24) is 4.90 Å². The third-order valence-electron chi connectivity index (χ3n) is 2.78. The molecule has 3 nitrogen and oxygen atoms in total. The van der Waals surface area contributed by atoms with E-state index in [2.05, 4.69) is 18.7 Å². The highest BCUT2D eigenvalue weighted by atomic mass is 16.1. The summed E-state index contributed by atoms with van der Waals surface area (Å²) in [6.45, 7) is 7.03. The highest BCUT2D eigenvalue weighted by molar-refractivity contribution is 5.96. The second-order valence-electron chi connectivity index (χ2n) is 3.82. The van der Waals surface area contributed by atoms with Gasteiger partial charge in [-0.05, 0) is 37.4 Å². The number of hydrogen-bond acceptors (Lipinski definition) is 3. The Labute approximate surface area is 97.2 Å². The van der Waals surface area contributed by atoms with Crippen LogP contribution in [0.4, 0.5) is 5.69 Å². The van der Waals surface area contributed by atoms with E-state index in [0.29, 0.717) is 12.1 Å². The first-order chi connectivity index (χ1) is 7.67. The van der Waals surface area contributed by atoms with Crippen molar-refractivity contribution in [1.29, 1.82) is 0 Å². The van der Waals surface area contributed by atoms with Gasteiger partial charge >= 0.3 is 0 Å². The highest BCUT2D eigenvalue weighted by Crippen LogP contribution is 2.08. The minimum absolute atomic E-state index is 0.187. The number of rotatable bonds is 6. The van der Waals surface area contributed by atoms with Crippen LogP contribution in [0, 0.1) is 0 Å². The number of nitrogens with two attached hydrogens (primary N) is 1. The van der Waals surface area contributed by atoms with Gasteiger partial charge in [0.1, 0.15) is 0 Å². The molecule has 0 bridgehead atoms. The molecule has 0 aliphatic carbocycles. The fraction of sp³-hybridized carbons (Fsp3) is 0.462. The predicted octanol–water partition coefficient (Wildman–Crippen LogP) is 2.18. The van der Waals surface area contributed by atoms with Gasteiger partial charge < -0.3 is 10.6 Å². The normalized spacial score (nSPS) is 10.7. The molecule has 1 aromatic rings. The lowest BCUT2D eigenvalue weighted by Gasteiger charge is -2.17. The van der Waals surface area contributed by atoms with E-state index >= 15 is 0 Å². The fourth-order valence-corrected chi connectivity index (χ4v) is 1.61. The van der Waals surface area contributed by atoms with E-state index in [9.17, 15) is 4.79 Å². The Bertz CT molecular complexity index is 328. The van der Waals surface area contributed by atoms with Crippen molar-refractivity contribution >= 4 is 11.5 Å². The molecule has 2 N–H and O–H groups in total. The average molecular weight is 220 g/mol. The molecule has 0 spiro atoms. The summed E-state index contributed by atoms with van der Waals surface area (Å²) in [5, 5.41) is 0. The quantitative estimate of drug-likeness (QED) is 0.590. The van der Waals surface area contributed by atoms with Crippen LogP contribution >= 0.6 is 0 Å². The molecule has 88 valence electrons. The summed E-state index contributed by atoms with van der Waals surface area (Å²) >= 11 is 0. The number of carbonyl (C=O) groups excluding carboxylic acids is 1. The van der Waals surface area contributed by atoms with Gasteiger partial charge in [0.15, 0.2) is 5.78 Å². The van der Waals surface area contributed by atoms with E-state index in [0.717, 1.165) is 25.2 Å². The van der Waals surface area contributed by atoms with E-state index in [1.54, 1.807) is 24.3 Å². The summed E-state index contributed by atoms with van der Waals surface area (Å²) < 4.78 is 0. The van der Waals surface area contributed by atoms with Crippen molar-refractivity contribution in [3.63, 3.8) is 0 Å². The number of anilines is 1. The van der Waals surface area contributed by atoms with Crippen LogP contribution in [-0.2, 0) is 0 Å². The highest BCUT2D eigenvalue weighted by Gasteiger charge is 2.07. The predicted molar refractivity (Wildman–Crippen MR) is 67.6 cm³/mol. The third-order valence-corrected chi connectivity index (χ3v) is 2.78. The molecule has 0 unspecified atom stereocenters. The topological polar surface area (TPSA) is 46.3 Å². The van der Waals surface area contributed by atoms with E-state index in [1.165, 1.54) is 0 Å². The summed E-state index contributed by atoms with van der Waals surface area (Å²) in [4.78, 5) is 14.1. The van der Waals surface area contributed by atoms with Crippen LogP contribution in [0.2, 0.25) is 0 Å². The third kappa shape index (κ3) is 3.66. The molecule has 0 radical (unpaired) electrons. The number of nitrogen functional groups attached to an aromatic ring is 1. The maximum atomic E-state index is 11.8. The van der Waals surface area contributed by atoms with Gasteiger partial charge in [-0.3, -0.25) is 4.79 Å². The SMILES string of the molecule is CCN(CC)CCC(=O)c1ccc(N)cc1. The maximum absolute atomic E-state index is 11.8. The van der Waals surface area contributed by atoms with Gasteiger partial charge in [0.05, 0.1) is 0 Å². The number of Topliss-reactive ketones (excluding diaryl/α,β-unsaturated/α-hetero) is 1. The van der Waals surface area contributed by atoms with Crippen LogP contribution in [0.25, 0.3) is 0 Å². The number of carbonyl (C=O) groups is 1. The lowest BCUT2D eigenvalue weighted by Crippen LogP contribution is -2.25. The van der Waals surface area contributed by atoms with Crippen molar-refractivity contribution in [2.45, 2.75) is 20.3 Å². The largest absolute Gasteiger partial charge is 0.399 e. The van der Waals surface area contributed by atoms with Crippen molar-refractivity contribution in [3.8, 4) is 0 Å². The minimum atomic E-state index is 0.187. The number of hydrogen-bond donors (Lipinski definition) is 1. The smallest absolute Gasteiger partial charge is 0.164 e. The summed E-state index contributed by atoms with van der Waals surface area (Å²) in [7, 11) is 0. The van der Waals surface area contributed by atoms with Crippen LogP contribution in [0.15, 0.2) is 24.3 Å². The monoisotopic (exact) mass is 220 g/mol.